The Bertz CT molecular complexity index is 1030. The SMILES string of the molecule is COC(=O)c1cc([N+](=O)[O-])c(N(CCOS(C)(=O)=O)CCOS(C)(=O)=O)cc1[N+](=O)[O-]. The minimum Gasteiger partial charge on any atom is -0.465 e. The van der Waals surface area contributed by atoms with Gasteiger partial charge in [-0.1, -0.05) is 0 Å². The van der Waals surface area contributed by atoms with Crippen molar-refractivity contribution < 1.29 is 44.6 Å². The topological polar surface area (TPSA) is 203 Å². The van der Waals surface area contributed by atoms with Crippen LogP contribution in [-0.2, 0) is 33.3 Å². The third-order valence-electron chi connectivity index (χ3n) is 3.55. The Balaban J connectivity index is 3.50. The lowest BCUT2D eigenvalue weighted by atomic mass is 10.1. The molecule has 15 nitrogen and oxygen atoms in total. The maximum absolute atomic E-state index is 11.8. The predicted molar refractivity (Wildman–Crippen MR) is 105 cm³/mol. The van der Waals surface area contributed by atoms with Crippen molar-refractivity contribution in [2.45, 2.75) is 0 Å². The number of hydrogen-bond donors (Lipinski definition) is 0. The first-order chi connectivity index (χ1) is 14.2. The van der Waals surface area contributed by atoms with Gasteiger partial charge in [0.2, 0.25) is 0 Å². The van der Waals surface area contributed by atoms with Crippen molar-refractivity contribution in [3.8, 4) is 0 Å². The van der Waals surface area contributed by atoms with Crippen LogP contribution in [0.5, 0.6) is 0 Å². The molecule has 17 heteroatoms. The fourth-order valence-corrected chi connectivity index (χ4v) is 3.09. The van der Waals surface area contributed by atoms with Crippen LogP contribution >= 0.6 is 0 Å². The van der Waals surface area contributed by atoms with Crippen LogP contribution in [-0.4, -0.2) is 78.6 Å². The lowest BCUT2D eigenvalue weighted by Gasteiger charge is -2.24. The summed E-state index contributed by atoms with van der Waals surface area (Å²) in [6.07, 6.45) is 1.53. The summed E-state index contributed by atoms with van der Waals surface area (Å²) >= 11 is 0. The van der Waals surface area contributed by atoms with Gasteiger partial charge in [0.15, 0.2) is 0 Å². The Morgan fingerprint density at radius 1 is 0.935 bits per heavy atom. The lowest BCUT2D eigenvalue weighted by molar-refractivity contribution is -0.388. The Morgan fingerprint density at radius 2 is 1.39 bits per heavy atom. The van der Waals surface area contributed by atoms with Gasteiger partial charge >= 0.3 is 5.97 Å². The number of methoxy groups -OCH3 is 1. The molecule has 0 saturated carbocycles. The molecule has 0 amide bonds. The summed E-state index contributed by atoms with van der Waals surface area (Å²) in [5, 5.41) is 22.9. The second-order valence-electron chi connectivity index (χ2n) is 5.90. The van der Waals surface area contributed by atoms with Gasteiger partial charge in [-0.3, -0.25) is 28.6 Å². The van der Waals surface area contributed by atoms with Gasteiger partial charge in [0.05, 0.1) is 42.7 Å². The van der Waals surface area contributed by atoms with E-state index in [1.165, 1.54) is 0 Å². The van der Waals surface area contributed by atoms with Crippen molar-refractivity contribution in [1.82, 2.24) is 0 Å². The van der Waals surface area contributed by atoms with Gasteiger partial charge in [0.1, 0.15) is 11.3 Å². The van der Waals surface area contributed by atoms with E-state index < -0.39 is 71.9 Å². The van der Waals surface area contributed by atoms with Crippen LogP contribution < -0.4 is 4.90 Å². The molecule has 31 heavy (non-hydrogen) atoms. The fourth-order valence-electron chi connectivity index (χ4n) is 2.34. The molecule has 1 rings (SSSR count). The first kappa shape index (κ1) is 26.1. The molecular formula is C14H19N3O12S2. The number of esters is 1. The van der Waals surface area contributed by atoms with Gasteiger partial charge in [-0.05, 0) is 0 Å². The zero-order valence-corrected chi connectivity index (χ0v) is 18.2. The number of nitro groups is 2. The zero-order valence-electron chi connectivity index (χ0n) is 16.5. The molecule has 0 N–H and O–H groups in total. The van der Waals surface area contributed by atoms with E-state index in [4.69, 9.17) is 0 Å². The van der Waals surface area contributed by atoms with E-state index >= 15 is 0 Å². The summed E-state index contributed by atoms with van der Waals surface area (Å²) in [4.78, 5) is 33.9. The zero-order chi connectivity index (χ0) is 24.0. The molecule has 0 atom stereocenters. The van der Waals surface area contributed by atoms with E-state index in [9.17, 15) is 41.9 Å². The molecule has 1 aromatic carbocycles. The molecule has 0 heterocycles. The summed E-state index contributed by atoms with van der Waals surface area (Å²) in [5.74, 6) is -1.19. The number of benzene rings is 1. The molecule has 0 aliphatic heterocycles. The minimum absolute atomic E-state index is 0.351. The summed E-state index contributed by atoms with van der Waals surface area (Å²) < 4.78 is 58.3. The van der Waals surface area contributed by atoms with Gasteiger partial charge in [0, 0.05) is 25.2 Å². The Labute approximate surface area is 177 Å². The summed E-state index contributed by atoms with van der Waals surface area (Å²) in [6.45, 7) is -1.73. The molecule has 0 saturated heterocycles. The standard InChI is InChI=1S/C14H19N3O12S2/c1-27-14(18)10-8-13(17(21)22)12(9-11(10)16(19)20)15(4-6-28-30(2,23)24)5-7-29-31(3,25)26/h8-9H,4-7H2,1-3H3. The number of hydrogen-bond acceptors (Lipinski definition) is 13. The number of nitro benzene ring substituents is 2. The highest BCUT2D eigenvalue weighted by Crippen LogP contribution is 2.35. The van der Waals surface area contributed by atoms with E-state index in [0.29, 0.717) is 6.07 Å². The number of nitrogens with zero attached hydrogens (tertiary/aromatic N) is 3. The predicted octanol–water partition coefficient (Wildman–Crippen LogP) is 0.0484. The summed E-state index contributed by atoms with van der Waals surface area (Å²) in [6, 6.07) is 1.37. The average Bonchev–Trinajstić information content (AvgIpc) is 2.63. The van der Waals surface area contributed by atoms with E-state index in [0.717, 1.165) is 30.6 Å². The lowest BCUT2D eigenvalue weighted by Crippen LogP contribution is -2.32. The summed E-state index contributed by atoms with van der Waals surface area (Å²) in [7, 11) is -6.81. The third-order valence-corrected chi connectivity index (χ3v) is 4.74. The van der Waals surface area contributed by atoms with Gasteiger partial charge in [-0.25, -0.2) is 4.79 Å². The van der Waals surface area contributed by atoms with E-state index in [1.54, 1.807) is 0 Å². The van der Waals surface area contributed by atoms with E-state index in [-0.39, 0.29) is 13.1 Å². The molecule has 0 aliphatic carbocycles. The highest BCUT2D eigenvalue weighted by atomic mass is 32.2. The van der Waals surface area contributed by atoms with Gasteiger partial charge < -0.3 is 9.64 Å². The molecule has 0 fully saturated rings. The van der Waals surface area contributed by atoms with Gasteiger partial charge in [-0.2, -0.15) is 16.8 Å². The Hall–Kier alpha value is -2.89. The number of anilines is 1. The van der Waals surface area contributed by atoms with Crippen LogP contribution in [0.3, 0.4) is 0 Å². The molecule has 0 unspecified atom stereocenters. The van der Waals surface area contributed by atoms with Crippen LogP contribution in [0.1, 0.15) is 10.4 Å². The molecule has 0 spiro atoms. The smallest absolute Gasteiger partial charge is 0.345 e. The molecule has 0 radical (unpaired) electrons. The molecule has 0 aromatic heterocycles. The maximum Gasteiger partial charge on any atom is 0.345 e. The summed E-state index contributed by atoms with van der Waals surface area (Å²) in [5.41, 5.74) is -2.63. The third kappa shape index (κ3) is 8.40. The van der Waals surface area contributed by atoms with Crippen LogP contribution in [0, 0.1) is 20.2 Å². The quantitative estimate of drug-likeness (QED) is 0.166. The largest absolute Gasteiger partial charge is 0.465 e. The first-order valence-electron chi connectivity index (χ1n) is 8.15. The minimum atomic E-state index is -3.87. The Kier molecular flexibility index (Phi) is 8.79. The van der Waals surface area contributed by atoms with Gasteiger partial charge in [0.25, 0.3) is 31.6 Å². The first-order valence-corrected chi connectivity index (χ1v) is 11.8. The second kappa shape index (κ2) is 10.4. The Morgan fingerprint density at radius 3 is 1.74 bits per heavy atom. The van der Waals surface area contributed by atoms with Crippen molar-refractivity contribution >= 4 is 43.3 Å². The molecule has 0 bridgehead atoms. The second-order valence-corrected chi connectivity index (χ2v) is 9.19. The van der Waals surface area contributed by atoms with Crippen molar-refractivity contribution in [3.05, 3.63) is 37.9 Å². The van der Waals surface area contributed by atoms with Crippen molar-refractivity contribution in [3.63, 3.8) is 0 Å². The number of carbonyl (C=O) groups is 1. The number of carbonyl (C=O) groups excluding carboxylic acids is 1. The monoisotopic (exact) mass is 485 g/mol. The van der Waals surface area contributed by atoms with E-state index in [1.807, 2.05) is 0 Å². The van der Waals surface area contributed by atoms with Gasteiger partial charge in [-0.15, -0.1) is 0 Å². The molecule has 1 aromatic rings. The molecular weight excluding hydrogens is 466 g/mol. The molecule has 0 aliphatic rings. The number of rotatable bonds is 12. The van der Waals surface area contributed by atoms with Crippen molar-refractivity contribution in [2.24, 2.45) is 0 Å². The van der Waals surface area contributed by atoms with Crippen LogP contribution in [0.25, 0.3) is 0 Å². The molecule has 174 valence electrons. The highest BCUT2D eigenvalue weighted by molar-refractivity contribution is 7.86. The normalized spacial score (nSPS) is 11.7. The van der Waals surface area contributed by atoms with E-state index in [2.05, 4.69) is 13.1 Å². The van der Waals surface area contributed by atoms with Crippen LogP contribution in [0.4, 0.5) is 17.1 Å². The van der Waals surface area contributed by atoms with Crippen LogP contribution in [0.15, 0.2) is 12.1 Å². The maximum atomic E-state index is 11.8. The van der Waals surface area contributed by atoms with Crippen LogP contribution in [0.2, 0.25) is 0 Å². The van der Waals surface area contributed by atoms with Crippen molar-refractivity contribution in [2.75, 3.05) is 50.8 Å². The number of ether oxygens (including phenoxy) is 1. The highest BCUT2D eigenvalue weighted by Gasteiger charge is 2.31. The fraction of sp³-hybridized carbons (Fsp3) is 0.500. The average molecular weight is 485 g/mol. The van der Waals surface area contributed by atoms with Crippen molar-refractivity contribution in [1.29, 1.82) is 0 Å².